The van der Waals surface area contributed by atoms with E-state index in [1.165, 1.54) is 27.5 Å². The fraction of sp³-hybridized carbons (Fsp3) is 0.400. The third-order valence-corrected chi connectivity index (χ3v) is 4.48. The Hall–Kier alpha value is -3.00. The molecular weight excluding hydrogens is 362 g/mol. The first-order valence-electron chi connectivity index (χ1n) is 9.06. The van der Waals surface area contributed by atoms with E-state index in [2.05, 4.69) is 15.6 Å². The van der Waals surface area contributed by atoms with Gasteiger partial charge >= 0.3 is 0 Å². The Bertz CT molecular complexity index is 796. The number of amides is 1. The van der Waals surface area contributed by atoms with Gasteiger partial charge < -0.3 is 29.6 Å². The van der Waals surface area contributed by atoms with Crippen LogP contribution in [0.2, 0.25) is 0 Å². The summed E-state index contributed by atoms with van der Waals surface area (Å²) in [5, 5.41) is 6.11. The maximum Gasteiger partial charge on any atom is 0.257 e. The van der Waals surface area contributed by atoms with Crippen LogP contribution in [-0.4, -0.2) is 51.5 Å². The Labute approximate surface area is 164 Å². The summed E-state index contributed by atoms with van der Waals surface area (Å²) < 4.78 is 21.5. The molecule has 2 heterocycles. The van der Waals surface area contributed by atoms with E-state index in [1.54, 1.807) is 24.4 Å². The van der Waals surface area contributed by atoms with E-state index >= 15 is 0 Å². The molecule has 0 spiro atoms. The molecule has 8 heteroatoms. The number of carbonyl (C=O) groups excluding carboxylic acids is 1. The summed E-state index contributed by atoms with van der Waals surface area (Å²) in [7, 11) is 4.57. The first-order chi connectivity index (χ1) is 13.6. The number of pyridine rings is 1. The molecule has 2 N–H and O–H groups in total. The molecule has 2 aromatic rings. The van der Waals surface area contributed by atoms with Crippen LogP contribution in [0.25, 0.3) is 0 Å². The van der Waals surface area contributed by atoms with Crippen molar-refractivity contribution in [3.05, 3.63) is 36.2 Å². The molecule has 1 aliphatic rings. The second-order valence-electron chi connectivity index (χ2n) is 6.35. The lowest BCUT2D eigenvalue weighted by Crippen LogP contribution is -2.19. The number of benzene rings is 1. The third-order valence-electron chi connectivity index (χ3n) is 4.48. The van der Waals surface area contributed by atoms with Crippen LogP contribution in [-0.2, 0) is 4.74 Å². The molecule has 1 aromatic heterocycles. The Morgan fingerprint density at radius 1 is 1.11 bits per heavy atom. The molecule has 0 bridgehead atoms. The third kappa shape index (κ3) is 4.64. The zero-order chi connectivity index (χ0) is 19.9. The highest BCUT2D eigenvalue weighted by atomic mass is 16.5. The first kappa shape index (κ1) is 19.8. The van der Waals surface area contributed by atoms with Gasteiger partial charge in [-0.25, -0.2) is 0 Å². The first-order valence-corrected chi connectivity index (χ1v) is 9.06. The van der Waals surface area contributed by atoms with E-state index in [4.69, 9.17) is 18.9 Å². The Morgan fingerprint density at radius 3 is 2.46 bits per heavy atom. The van der Waals surface area contributed by atoms with Crippen LogP contribution in [0.4, 0.5) is 11.4 Å². The molecular formula is C20H25N3O5. The zero-order valence-corrected chi connectivity index (χ0v) is 16.3. The van der Waals surface area contributed by atoms with Crippen molar-refractivity contribution < 1.29 is 23.7 Å². The molecule has 3 rings (SSSR count). The molecule has 150 valence electrons. The average molecular weight is 387 g/mol. The fourth-order valence-electron chi connectivity index (χ4n) is 3.05. The van der Waals surface area contributed by atoms with Crippen molar-refractivity contribution in [2.24, 2.45) is 0 Å². The van der Waals surface area contributed by atoms with Crippen molar-refractivity contribution in [3.8, 4) is 17.2 Å². The van der Waals surface area contributed by atoms with E-state index in [9.17, 15) is 4.79 Å². The van der Waals surface area contributed by atoms with Gasteiger partial charge in [0.25, 0.3) is 5.91 Å². The van der Waals surface area contributed by atoms with Crippen molar-refractivity contribution in [2.75, 3.05) is 45.1 Å². The number of hydrogen-bond donors (Lipinski definition) is 2. The summed E-state index contributed by atoms with van der Waals surface area (Å²) in [6.07, 6.45) is 5.54. The summed E-state index contributed by atoms with van der Waals surface area (Å²) >= 11 is 0. The van der Waals surface area contributed by atoms with E-state index in [0.29, 0.717) is 35.0 Å². The van der Waals surface area contributed by atoms with Crippen molar-refractivity contribution in [3.63, 3.8) is 0 Å². The van der Waals surface area contributed by atoms with Crippen molar-refractivity contribution in [1.82, 2.24) is 4.98 Å². The minimum atomic E-state index is -0.289. The van der Waals surface area contributed by atoms with E-state index in [-0.39, 0.29) is 12.0 Å². The van der Waals surface area contributed by atoms with Gasteiger partial charge in [0.1, 0.15) is 0 Å². The molecule has 1 amide bonds. The minimum Gasteiger partial charge on any atom is -0.493 e. The molecule has 1 saturated heterocycles. The van der Waals surface area contributed by atoms with E-state index < -0.39 is 0 Å². The van der Waals surface area contributed by atoms with Crippen molar-refractivity contribution >= 4 is 17.3 Å². The predicted octanol–water partition coefficient (Wildman–Crippen LogP) is 2.95. The molecule has 1 aromatic carbocycles. The molecule has 1 aliphatic heterocycles. The van der Waals surface area contributed by atoms with Crippen molar-refractivity contribution in [2.45, 2.75) is 18.9 Å². The normalized spacial score (nSPS) is 15.8. The lowest BCUT2D eigenvalue weighted by molar-refractivity contribution is 0.102. The smallest absolute Gasteiger partial charge is 0.257 e. The van der Waals surface area contributed by atoms with Gasteiger partial charge in [-0.2, -0.15) is 0 Å². The number of nitrogens with zero attached hydrogens (tertiary/aromatic N) is 1. The van der Waals surface area contributed by atoms with Gasteiger partial charge in [-0.1, -0.05) is 0 Å². The Balaban J connectivity index is 1.71. The second kappa shape index (κ2) is 9.27. The highest BCUT2D eigenvalue weighted by molar-refractivity contribution is 6.04. The highest BCUT2D eigenvalue weighted by Crippen LogP contribution is 2.40. The Kier molecular flexibility index (Phi) is 6.54. The molecule has 0 saturated carbocycles. The van der Waals surface area contributed by atoms with Crippen LogP contribution in [0.3, 0.4) is 0 Å². The summed E-state index contributed by atoms with van der Waals surface area (Å²) in [6.45, 7) is 1.50. The van der Waals surface area contributed by atoms with Gasteiger partial charge in [-0.3, -0.25) is 9.78 Å². The van der Waals surface area contributed by atoms with Crippen LogP contribution in [0.5, 0.6) is 17.2 Å². The SMILES string of the molecule is COc1cc(NC(=O)c2cncc(NCC3CCCO3)c2)cc(OC)c1OC. The van der Waals surface area contributed by atoms with Gasteiger partial charge in [-0.15, -0.1) is 0 Å². The topological polar surface area (TPSA) is 90.9 Å². The number of ether oxygens (including phenoxy) is 4. The number of rotatable bonds is 8. The van der Waals surface area contributed by atoms with Crippen molar-refractivity contribution in [1.29, 1.82) is 0 Å². The maximum absolute atomic E-state index is 12.7. The summed E-state index contributed by atoms with van der Waals surface area (Å²) in [5.74, 6) is 1.09. The van der Waals surface area contributed by atoms with E-state index in [1.807, 2.05) is 0 Å². The Morgan fingerprint density at radius 2 is 1.86 bits per heavy atom. The number of methoxy groups -OCH3 is 3. The monoisotopic (exact) mass is 387 g/mol. The largest absolute Gasteiger partial charge is 0.493 e. The van der Waals surface area contributed by atoms with Crippen LogP contribution in [0.1, 0.15) is 23.2 Å². The molecule has 1 atom stereocenters. The molecule has 8 nitrogen and oxygen atoms in total. The average Bonchev–Trinajstić information content (AvgIpc) is 3.25. The van der Waals surface area contributed by atoms with Crippen LogP contribution < -0.4 is 24.8 Å². The fourth-order valence-corrected chi connectivity index (χ4v) is 3.05. The summed E-state index contributed by atoms with van der Waals surface area (Å²) in [4.78, 5) is 16.8. The summed E-state index contributed by atoms with van der Waals surface area (Å²) in [6, 6.07) is 5.10. The number of anilines is 2. The van der Waals surface area contributed by atoms with Gasteiger partial charge in [0.15, 0.2) is 11.5 Å². The lowest BCUT2D eigenvalue weighted by Gasteiger charge is -2.15. The molecule has 28 heavy (non-hydrogen) atoms. The molecule has 1 unspecified atom stereocenters. The number of aromatic nitrogens is 1. The molecule has 1 fully saturated rings. The lowest BCUT2D eigenvalue weighted by atomic mass is 10.2. The second-order valence-corrected chi connectivity index (χ2v) is 6.35. The predicted molar refractivity (Wildman–Crippen MR) is 106 cm³/mol. The minimum absolute atomic E-state index is 0.205. The van der Waals surface area contributed by atoms with Gasteiger partial charge in [0, 0.05) is 43.4 Å². The quantitative estimate of drug-likeness (QED) is 0.720. The zero-order valence-electron chi connectivity index (χ0n) is 16.3. The number of carbonyl (C=O) groups is 1. The summed E-state index contributed by atoms with van der Waals surface area (Å²) in [5.41, 5.74) is 1.73. The van der Waals surface area contributed by atoms with Gasteiger partial charge in [-0.05, 0) is 18.9 Å². The van der Waals surface area contributed by atoms with Gasteiger partial charge in [0.2, 0.25) is 5.75 Å². The standard InChI is InChI=1S/C20H25N3O5/c1-25-17-8-14(9-18(26-2)19(17)27-3)23-20(24)13-7-15(11-21-10-13)22-12-16-5-4-6-28-16/h7-11,16,22H,4-6,12H2,1-3H3,(H,23,24). The van der Waals surface area contributed by atoms with Crippen LogP contribution in [0, 0.1) is 0 Å². The molecule has 0 radical (unpaired) electrons. The van der Waals surface area contributed by atoms with Crippen LogP contribution in [0.15, 0.2) is 30.6 Å². The maximum atomic E-state index is 12.7. The number of hydrogen-bond acceptors (Lipinski definition) is 7. The van der Waals surface area contributed by atoms with Gasteiger partial charge in [0.05, 0.1) is 38.7 Å². The number of nitrogens with one attached hydrogen (secondary N) is 2. The van der Waals surface area contributed by atoms with E-state index in [0.717, 1.165) is 25.1 Å². The molecule has 0 aliphatic carbocycles. The highest BCUT2D eigenvalue weighted by Gasteiger charge is 2.17. The van der Waals surface area contributed by atoms with Crippen LogP contribution >= 0.6 is 0 Å².